The summed E-state index contributed by atoms with van der Waals surface area (Å²) in [7, 11) is -0.997. The van der Waals surface area contributed by atoms with E-state index < -0.39 is 8.07 Å². The molecule has 0 bridgehead atoms. The third-order valence-corrected chi connectivity index (χ3v) is 9.65. The third kappa shape index (κ3) is 11.7. The molecular formula is C28H46N2O2Si. The minimum Gasteiger partial charge on any atom is -0.494 e. The molecule has 1 aromatic carbocycles. The van der Waals surface area contributed by atoms with Gasteiger partial charge in [0.25, 0.3) is 0 Å². The summed E-state index contributed by atoms with van der Waals surface area (Å²) in [5.41, 5.74) is 0.994. The summed E-state index contributed by atoms with van der Waals surface area (Å²) in [6.07, 6.45) is 16.2. The predicted molar refractivity (Wildman–Crippen MR) is 143 cm³/mol. The summed E-state index contributed by atoms with van der Waals surface area (Å²) in [4.78, 5) is 8.95. The minimum absolute atomic E-state index is 0.715. The summed E-state index contributed by atoms with van der Waals surface area (Å²) in [6.45, 7) is 11.1. The molecule has 184 valence electrons. The molecule has 0 fully saturated rings. The van der Waals surface area contributed by atoms with Crippen molar-refractivity contribution >= 4 is 8.07 Å². The van der Waals surface area contributed by atoms with E-state index in [1.807, 2.05) is 24.3 Å². The molecule has 0 unspecified atom stereocenters. The Labute approximate surface area is 203 Å². The molecule has 1 heterocycles. The van der Waals surface area contributed by atoms with Crippen LogP contribution in [-0.2, 0) is 0 Å². The highest BCUT2D eigenvalue weighted by atomic mass is 28.3. The van der Waals surface area contributed by atoms with Crippen molar-refractivity contribution in [1.82, 2.24) is 9.97 Å². The van der Waals surface area contributed by atoms with Crippen molar-refractivity contribution in [2.45, 2.75) is 103 Å². The molecule has 4 nitrogen and oxygen atoms in total. The molecular weight excluding hydrogens is 424 g/mol. The second-order valence-corrected chi connectivity index (χ2v) is 15.3. The number of benzene rings is 1. The van der Waals surface area contributed by atoms with Gasteiger partial charge >= 0.3 is 0 Å². The average molecular weight is 471 g/mol. The van der Waals surface area contributed by atoms with Gasteiger partial charge in [0.2, 0.25) is 0 Å². The first-order valence-electron chi connectivity index (χ1n) is 13.2. The number of unbranched alkanes of at least 4 members (excludes halogenated alkanes) is 7. The highest BCUT2D eigenvalue weighted by molar-refractivity contribution is 6.77. The van der Waals surface area contributed by atoms with E-state index in [-0.39, 0.29) is 0 Å². The fraction of sp³-hybridized carbons (Fsp3) is 0.643. The van der Waals surface area contributed by atoms with Gasteiger partial charge in [-0.15, -0.1) is 0 Å². The first-order valence-corrected chi connectivity index (χ1v) is 16.6. The van der Waals surface area contributed by atoms with Gasteiger partial charge in [-0.3, -0.25) is 0 Å². The van der Waals surface area contributed by atoms with E-state index in [1.165, 1.54) is 63.5 Å². The van der Waals surface area contributed by atoms with Crippen molar-refractivity contribution < 1.29 is 9.47 Å². The molecule has 0 radical (unpaired) electrons. The number of ether oxygens (including phenoxy) is 2. The van der Waals surface area contributed by atoms with Crippen molar-refractivity contribution in [3.8, 4) is 22.9 Å². The van der Waals surface area contributed by atoms with Crippen molar-refractivity contribution in [2.75, 3.05) is 13.2 Å². The van der Waals surface area contributed by atoms with E-state index in [9.17, 15) is 0 Å². The Kier molecular flexibility index (Phi) is 13.2. The molecule has 2 aromatic rings. The van der Waals surface area contributed by atoms with E-state index in [4.69, 9.17) is 9.47 Å². The molecule has 0 saturated carbocycles. The molecule has 33 heavy (non-hydrogen) atoms. The molecule has 5 heteroatoms. The summed E-state index contributed by atoms with van der Waals surface area (Å²) >= 11 is 0. The maximum atomic E-state index is 5.95. The lowest BCUT2D eigenvalue weighted by Crippen LogP contribution is -2.24. The molecule has 0 aliphatic rings. The Morgan fingerprint density at radius 3 is 1.85 bits per heavy atom. The normalized spacial score (nSPS) is 11.5. The van der Waals surface area contributed by atoms with Gasteiger partial charge in [0.1, 0.15) is 5.75 Å². The zero-order chi connectivity index (χ0) is 23.8. The number of rotatable bonds is 18. The molecule has 2 rings (SSSR count). The lowest BCUT2D eigenvalue weighted by Gasteiger charge is -2.21. The van der Waals surface area contributed by atoms with Gasteiger partial charge in [-0.05, 0) is 37.1 Å². The lowest BCUT2D eigenvalue weighted by atomic mass is 10.1. The molecule has 0 N–H and O–H groups in total. The van der Waals surface area contributed by atoms with Gasteiger partial charge in [-0.2, -0.15) is 0 Å². The van der Waals surface area contributed by atoms with Crippen molar-refractivity contribution in [3.63, 3.8) is 0 Å². The van der Waals surface area contributed by atoms with Crippen LogP contribution < -0.4 is 9.47 Å². The number of hydrogen-bond acceptors (Lipinski definition) is 4. The van der Waals surface area contributed by atoms with Crippen LogP contribution in [0.4, 0.5) is 0 Å². The largest absolute Gasteiger partial charge is 0.494 e. The Hall–Kier alpha value is -1.88. The molecule has 0 amide bonds. The van der Waals surface area contributed by atoms with Crippen molar-refractivity contribution in [1.29, 1.82) is 0 Å². The van der Waals surface area contributed by atoms with Crippen molar-refractivity contribution in [2.24, 2.45) is 0 Å². The van der Waals surface area contributed by atoms with E-state index in [2.05, 4.69) is 36.9 Å². The van der Waals surface area contributed by atoms with Crippen LogP contribution >= 0.6 is 0 Å². The number of aromatic nitrogens is 2. The number of hydrogen-bond donors (Lipinski definition) is 0. The molecule has 0 atom stereocenters. The van der Waals surface area contributed by atoms with Crippen LogP contribution in [0, 0.1) is 0 Å². The van der Waals surface area contributed by atoms with Crippen LogP contribution in [0.5, 0.6) is 11.5 Å². The SMILES string of the molecule is CCCCCCCCOc1cnc(-c2ccc(OCCCC[Si](C)(C)CCCC)cc2)nc1. The molecule has 1 aromatic heterocycles. The van der Waals surface area contributed by atoms with Crippen LogP contribution in [0.3, 0.4) is 0 Å². The second kappa shape index (κ2) is 15.9. The molecule has 0 saturated heterocycles. The summed E-state index contributed by atoms with van der Waals surface area (Å²) < 4.78 is 11.7. The van der Waals surface area contributed by atoms with E-state index >= 15 is 0 Å². The van der Waals surface area contributed by atoms with Crippen LogP contribution in [-0.4, -0.2) is 31.3 Å². The van der Waals surface area contributed by atoms with Gasteiger partial charge in [0, 0.05) is 13.6 Å². The maximum Gasteiger partial charge on any atom is 0.159 e. The topological polar surface area (TPSA) is 44.2 Å². The quantitative estimate of drug-likeness (QED) is 0.162. The molecule has 0 aliphatic heterocycles. The minimum atomic E-state index is -0.997. The monoisotopic (exact) mass is 470 g/mol. The summed E-state index contributed by atoms with van der Waals surface area (Å²) in [5, 5.41) is 0. The lowest BCUT2D eigenvalue weighted by molar-refractivity contribution is 0.302. The van der Waals surface area contributed by atoms with Crippen LogP contribution in [0.2, 0.25) is 25.2 Å². The highest BCUT2D eigenvalue weighted by Crippen LogP contribution is 2.23. The van der Waals surface area contributed by atoms with Crippen LogP contribution in [0.15, 0.2) is 36.7 Å². The number of nitrogens with zero attached hydrogens (tertiary/aromatic N) is 2. The van der Waals surface area contributed by atoms with Gasteiger partial charge in [0.15, 0.2) is 11.6 Å². The highest BCUT2D eigenvalue weighted by Gasteiger charge is 2.18. The first-order chi connectivity index (χ1) is 16.0. The van der Waals surface area contributed by atoms with Crippen molar-refractivity contribution in [3.05, 3.63) is 36.7 Å². The van der Waals surface area contributed by atoms with Crippen LogP contribution in [0.25, 0.3) is 11.4 Å². The predicted octanol–water partition coefficient (Wildman–Crippen LogP) is 8.55. The maximum absolute atomic E-state index is 5.95. The molecule has 0 aliphatic carbocycles. The van der Waals surface area contributed by atoms with Gasteiger partial charge in [-0.25, -0.2) is 9.97 Å². The zero-order valence-corrected chi connectivity index (χ0v) is 22.6. The second-order valence-electron chi connectivity index (χ2n) is 9.96. The van der Waals surface area contributed by atoms with E-state index in [1.54, 1.807) is 12.4 Å². The average Bonchev–Trinajstić information content (AvgIpc) is 2.83. The van der Waals surface area contributed by atoms with Gasteiger partial charge in [0.05, 0.1) is 25.6 Å². The third-order valence-electron chi connectivity index (χ3n) is 6.23. The van der Waals surface area contributed by atoms with Gasteiger partial charge in [-0.1, -0.05) is 90.4 Å². The Morgan fingerprint density at radius 2 is 1.18 bits per heavy atom. The summed E-state index contributed by atoms with van der Waals surface area (Å²) in [6, 6.07) is 11.0. The summed E-state index contributed by atoms with van der Waals surface area (Å²) in [5.74, 6) is 2.38. The smallest absolute Gasteiger partial charge is 0.159 e. The van der Waals surface area contributed by atoms with Crippen LogP contribution in [0.1, 0.15) is 78.1 Å². The Bertz CT molecular complexity index is 747. The first kappa shape index (κ1) is 27.4. The Balaban J connectivity index is 1.66. The van der Waals surface area contributed by atoms with Gasteiger partial charge < -0.3 is 9.47 Å². The van der Waals surface area contributed by atoms with E-state index in [0.29, 0.717) is 5.82 Å². The molecule has 0 spiro atoms. The zero-order valence-electron chi connectivity index (χ0n) is 21.6. The standard InChI is InChI=1S/C28H46N2O2Si/c1-5-7-9-10-11-12-19-32-27-23-29-28(30-24-27)25-15-17-26(18-16-25)31-20-13-14-22-33(3,4)21-8-6-2/h15-18,23-24H,5-14,19-22H2,1-4H3. The fourth-order valence-electron chi connectivity index (χ4n) is 3.99. The Morgan fingerprint density at radius 1 is 0.636 bits per heavy atom. The fourth-order valence-corrected chi connectivity index (χ4v) is 6.76. The van der Waals surface area contributed by atoms with E-state index in [0.717, 1.165) is 43.1 Å².